The van der Waals surface area contributed by atoms with Gasteiger partial charge in [0.25, 0.3) is 5.22 Å². The normalized spacial score (nSPS) is 11.8. The van der Waals surface area contributed by atoms with Crippen molar-refractivity contribution in [2.24, 2.45) is 0 Å². The van der Waals surface area contributed by atoms with Gasteiger partial charge in [0.05, 0.1) is 4.90 Å². The largest absolute Gasteiger partial charge is 0.411 e. The molecule has 0 amide bonds. The Morgan fingerprint density at radius 1 is 1.12 bits per heavy atom. The molecule has 25 heavy (non-hydrogen) atoms. The lowest BCUT2D eigenvalue weighted by Crippen LogP contribution is -2.22. The lowest BCUT2D eigenvalue weighted by molar-refractivity contribution is 0.466. The average Bonchev–Trinajstić information content (AvgIpc) is 3.10. The van der Waals surface area contributed by atoms with Crippen LogP contribution in [0.25, 0.3) is 11.5 Å². The van der Waals surface area contributed by atoms with E-state index in [2.05, 4.69) is 15.2 Å². The molecule has 0 aliphatic rings. The van der Waals surface area contributed by atoms with Crippen molar-refractivity contribution in [3.8, 4) is 11.5 Å². The zero-order chi connectivity index (χ0) is 17.9. The highest BCUT2D eigenvalue weighted by molar-refractivity contribution is 7.98. The van der Waals surface area contributed by atoms with Crippen molar-refractivity contribution in [3.63, 3.8) is 0 Å². The highest BCUT2D eigenvalue weighted by atomic mass is 32.2. The van der Waals surface area contributed by atoms with Crippen molar-refractivity contribution >= 4 is 21.8 Å². The Kier molecular flexibility index (Phi) is 5.16. The molecule has 0 aliphatic heterocycles. The van der Waals surface area contributed by atoms with E-state index in [1.165, 1.54) is 30.2 Å². The molecule has 2 heterocycles. The fourth-order valence-electron chi connectivity index (χ4n) is 2.03. The highest BCUT2D eigenvalue weighted by Gasteiger charge is 2.17. The summed E-state index contributed by atoms with van der Waals surface area (Å²) in [5, 5.41) is 8.44. The Morgan fingerprint density at radius 2 is 1.88 bits per heavy atom. The molecule has 0 radical (unpaired) electrons. The van der Waals surface area contributed by atoms with Crippen LogP contribution in [0.3, 0.4) is 0 Å². The van der Waals surface area contributed by atoms with Gasteiger partial charge in [-0.3, -0.25) is 4.98 Å². The van der Waals surface area contributed by atoms with Gasteiger partial charge in [0.2, 0.25) is 15.9 Å². The third-order valence-corrected chi connectivity index (χ3v) is 6.07. The van der Waals surface area contributed by atoms with Crippen LogP contribution >= 0.6 is 11.8 Å². The number of hydrogen-bond donors (Lipinski definition) is 0. The van der Waals surface area contributed by atoms with Gasteiger partial charge >= 0.3 is 0 Å². The van der Waals surface area contributed by atoms with E-state index in [4.69, 9.17) is 4.42 Å². The summed E-state index contributed by atoms with van der Waals surface area (Å²) in [5.41, 5.74) is 1.66. The minimum atomic E-state index is -3.45. The fourth-order valence-corrected chi connectivity index (χ4v) is 3.71. The van der Waals surface area contributed by atoms with Crippen molar-refractivity contribution in [2.45, 2.75) is 15.9 Å². The van der Waals surface area contributed by atoms with Gasteiger partial charge in [-0.25, -0.2) is 12.7 Å². The van der Waals surface area contributed by atoms with Gasteiger partial charge in [0, 0.05) is 37.8 Å². The molecule has 1 aromatic carbocycles. The molecular formula is C16H16N4O3S2. The molecule has 130 valence electrons. The third-order valence-electron chi connectivity index (χ3n) is 3.37. The molecule has 0 saturated heterocycles. The molecule has 0 atom stereocenters. The number of benzene rings is 1. The van der Waals surface area contributed by atoms with Gasteiger partial charge in [0.15, 0.2) is 0 Å². The summed E-state index contributed by atoms with van der Waals surface area (Å²) in [4.78, 5) is 4.21. The number of rotatable bonds is 6. The van der Waals surface area contributed by atoms with Crippen LogP contribution in [-0.2, 0) is 15.8 Å². The maximum absolute atomic E-state index is 12.2. The maximum Gasteiger partial charge on any atom is 0.277 e. The minimum Gasteiger partial charge on any atom is -0.411 e. The van der Waals surface area contributed by atoms with Crippen molar-refractivity contribution < 1.29 is 12.8 Å². The average molecular weight is 376 g/mol. The van der Waals surface area contributed by atoms with Crippen LogP contribution in [0.1, 0.15) is 5.56 Å². The standard InChI is InChI=1S/C16H16N4O3S2/c1-20(2)25(21,22)14-5-3-4-12(10-14)11-24-16-19-18-15(23-16)13-6-8-17-9-7-13/h3-10H,11H2,1-2H3. The lowest BCUT2D eigenvalue weighted by atomic mass is 10.2. The number of hydrogen-bond acceptors (Lipinski definition) is 7. The van der Waals surface area contributed by atoms with E-state index < -0.39 is 10.0 Å². The topological polar surface area (TPSA) is 89.2 Å². The summed E-state index contributed by atoms with van der Waals surface area (Å²) < 4.78 is 31.2. The van der Waals surface area contributed by atoms with Crippen molar-refractivity contribution in [2.75, 3.05) is 14.1 Å². The molecule has 0 unspecified atom stereocenters. The number of nitrogens with zero attached hydrogens (tertiary/aromatic N) is 4. The van der Waals surface area contributed by atoms with Crippen molar-refractivity contribution in [3.05, 3.63) is 54.4 Å². The molecule has 9 heteroatoms. The molecule has 7 nitrogen and oxygen atoms in total. The number of sulfonamides is 1. The number of aromatic nitrogens is 3. The second-order valence-electron chi connectivity index (χ2n) is 5.33. The van der Waals surface area contributed by atoms with Crippen LogP contribution in [-0.4, -0.2) is 42.0 Å². The van der Waals surface area contributed by atoms with Crippen molar-refractivity contribution in [1.29, 1.82) is 0 Å². The Labute approximate surface area is 150 Å². The van der Waals surface area contributed by atoms with E-state index in [-0.39, 0.29) is 4.90 Å². The second-order valence-corrected chi connectivity index (χ2v) is 8.41. The summed E-state index contributed by atoms with van der Waals surface area (Å²) in [6.45, 7) is 0. The van der Waals surface area contributed by atoms with Crippen LogP contribution in [0.5, 0.6) is 0 Å². The lowest BCUT2D eigenvalue weighted by Gasteiger charge is -2.11. The first kappa shape index (κ1) is 17.6. The monoisotopic (exact) mass is 376 g/mol. The van der Waals surface area contributed by atoms with E-state index in [0.29, 0.717) is 16.9 Å². The molecule has 3 aromatic rings. The predicted octanol–water partition coefficient (Wildman–Crippen LogP) is 2.67. The Balaban J connectivity index is 1.72. The third kappa shape index (κ3) is 4.06. The van der Waals surface area contributed by atoms with E-state index >= 15 is 0 Å². The van der Waals surface area contributed by atoms with Crippen LogP contribution in [0, 0.1) is 0 Å². The molecule has 2 aromatic heterocycles. The molecule has 0 spiro atoms. The summed E-state index contributed by atoms with van der Waals surface area (Å²) in [7, 11) is -0.428. The Bertz CT molecular complexity index is 956. The molecular weight excluding hydrogens is 360 g/mol. The molecule has 0 N–H and O–H groups in total. The predicted molar refractivity (Wildman–Crippen MR) is 94.4 cm³/mol. The zero-order valence-electron chi connectivity index (χ0n) is 13.7. The van der Waals surface area contributed by atoms with E-state index in [0.717, 1.165) is 11.1 Å². The highest BCUT2D eigenvalue weighted by Crippen LogP contribution is 2.26. The quantitative estimate of drug-likeness (QED) is 0.611. The van der Waals surface area contributed by atoms with Gasteiger partial charge < -0.3 is 4.42 Å². The van der Waals surface area contributed by atoms with Crippen LogP contribution < -0.4 is 0 Å². The van der Waals surface area contributed by atoms with Crippen LogP contribution in [0.2, 0.25) is 0 Å². The Hall–Kier alpha value is -2.23. The first-order chi connectivity index (χ1) is 12.0. The van der Waals surface area contributed by atoms with E-state index in [1.807, 2.05) is 6.07 Å². The second kappa shape index (κ2) is 7.34. The summed E-state index contributed by atoms with van der Waals surface area (Å²) in [6.07, 6.45) is 3.31. The molecule has 0 saturated carbocycles. The van der Waals surface area contributed by atoms with Crippen molar-refractivity contribution in [1.82, 2.24) is 19.5 Å². The van der Waals surface area contributed by atoms with Gasteiger partial charge in [0.1, 0.15) is 0 Å². The van der Waals surface area contributed by atoms with Crippen LogP contribution in [0.15, 0.2) is 63.3 Å². The van der Waals surface area contributed by atoms with Gasteiger partial charge in [-0.2, -0.15) is 0 Å². The first-order valence-electron chi connectivity index (χ1n) is 7.35. The molecule has 0 bridgehead atoms. The summed E-state index contributed by atoms with van der Waals surface area (Å²) in [5.74, 6) is 0.947. The molecule has 0 fully saturated rings. The zero-order valence-corrected chi connectivity index (χ0v) is 15.3. The van der Waals surface area contributed by atoms with Crippen LogP contribution in [0.4, 0.5) is 0 Å². The fraction of sp³-hybridized carbons (Fsp3) is 0.188. The number of thioether (sulfide) groups is 1. The summed E-state index contributed by atoms with van der Waals surface area (Å²) in [6, 6.07) is 10.4. The smallest absolute Gasteiger partial charge is 0.277 e. The minimum absolute atomic E-state index is 0.263. The Morgan fingerprint density at radius 3 is 2.60 bits per heavy atom. The first-order valence-corrected chi connectivity index (χ1v) is 9.77. The SMILES string of the molecule is CN(C)S(=O)(=O)c1cccc(CSc2nnc(-c3ccncc3)o2)c1. The number of pyridine rings is 1. The molecule has 3 rings (SSSR count). The van der Waals surface area contributed by atoms with Gasteiger partial charge in [-0.1, -0.05) is 23.9 Å². The maximum atomic E-state index is 12.2. The van der Waals surface area contributed by atoms with Gasteiger partial charge in [-0.15, -0.1) is 10.2 Å². The van der Waals surface area contributed by atoms with E-state index in [9.17, 15) is 8.42 Å². The summed E-state index contributed by atoms with van der Waals surface area (Å²) >= 11 is 1.35. The van der Waals surface area contributed by atoms with Gasteiger partial charge in [-0.05, 0) is 29.8 Å². The van der Waals surface area contributed by atoms with E-state index in [1.54, 1.807) is 42.7 Å². The molecule has 0 aliphatic carbocycles.